The van der Waals surface area contributed by atoms with E-state index in [0.717, 1.165) is 4.90 Å². The normalized spacial score (nSPS) is 13.9. The molecule has 0 aliphatic carbocycles. The number of nitrogens with zero attached hydrogens (tertiary/aromatic N) is 1. The van der Waals surface area contributed by atoms with Crippen molar-refractivity contribution in [3.8, 4) is 5.75 Å². The fourth-order valence-corrected chi connectivity index (χ4v) is 4.04. The first kappa shape index (κ1) is 19.8. The summed E-state index contributed by atoms with van der Waals surface area (Å²) in [7, 11) is 0. The van der Waals surface area contributed by atoms with E-state index in [-0.39, 0.29) is 23.4 Å². The van der Waals surface area contributed by atoms with E-state index in [1.54, 1.807) is 36.4 Å². The molecule has 1 aliphatic rings. The Bertz CT molecular complexity index is 1120. The van der Waals surface area contributed by atoms with Crippen LogP contribution in [0.1, 0.15) is 17.4 Å². The van der Waals surface area contributed by atoms with Gasteiger partial charge in [-0.1, -0.05) is 36.4 Å². The molecule has 1 aliphatic heterocycles. The molecule has 2 aromatic carbocycles. The van der Waals surface area contributed by atoms with Gasteiger partial charge in [0.25, 0.3) is 11.8 Å². The minimum atomic E-state index is -0.502. The van der Waals surface area contributed by atoms with Gasteiger partial charge < -0.3 is 10.1 Å². The summed E-state index contributed by atoms with van der Waals surface area (Å²) >= 11 is 1.36. The van der Waals surface area contributed by atoms with Crippen molar-refractivity contribution < 1.29 is 18.7 Å². The molecule has 2 heterocycles. The zero-order chi connectivity index (χ0) is 21.1. The van der Waals surface area contributed by atoms with Crippen LogP contribution in [-0.2, 0) is 16.1 Å². The Morgan fingerprint density at radius 2 is 1.77 bits per heavy atom. The van der Waals surface area contributed by atoms with Crippen LogP contribution in [0.2, 0.25) is 0 Å². The Hall–Kier alpha value is -3.45. The van der Waals surface area contributed by atoms with Crippen LogP contribution in [0.25, 0.3) is 5.57 Å². The third-order valence-corrected chi connectivity index (χ3v) is 5.56. The molecule has 30 heavy (non-hydrogen) atoms. The Kier molecular flexibility index (Phi) is 5.63. The lowest BCUT2D eigenvalue weighted by Crippen LogP contribution is -2.32. The van der Waals surface area contributed by atoms with Crippen LogP contribution >= 0.6 is 11.3 Å². The van der Waals surface area contributed by atoms with Gasteiger partial charge in [0.05, 0.1) is 24.4 Å². The number of benzene rings is 2. The lowest BCUT2D eigenvalue weighted by atomic mass is 10.1. The van der Waals surface area contributed by atoms with E-state index in [0.29, 0.717) is 22.9 Å². The molecule has 7 heteroatoms. The summed E-state index contributed by atoms with van der Waals surface area (Å²) in [5, 5.41) is 4.94. The second kappa shape index (κ2) is 8.51. The van der Waals surface area contributed by atoms with Gasteiger partial charge in [-0.3, -0.25) is 14.5 Å². The molecule has 1 N–H and O–H groups in total. The highest BCUT2D eigenvalue weighted by Gasteiger charge is 2.40. The van der Waals surface area contributed by atoms with Gasteiger partial charge in [0.1, 0.15) is 17.3 Å². The predicted octanol–water partition coefficient (Wildman–Crippen LogP) is 4.68. The summed E-state index contributed by atoms with van der Waals surface area (Å²) in [6.07, 6.45) is 0. The quantitative estimate of drug-likeness (QED) is 0.562. The number of halogens is 1. The number of amides is 2. The van der Waals surface area contributed by atoms with Crippen LogP contribution in [-0.4, -0.2) is 23.3 Å². The standard InChI is InChI=1S/C23H19FN2O3S/c1-2-29-18-11-6-5-10-17(18)25-21-20(19-12-7-13-30-19)22(27)26(23(21)28)14-15-8-3-4-9-16(15)24/h3-13,25H,2,14H2,1H3. The molecule has 0 fully saturated rings. The Labute approximate surface area is 177 Å². The zero-order valence-electron chi connectivity index (χ0n) is 16.2. The van der Waals surface area contributed by atoms with E-state index in [1.807, 2.05) is 30.5 Å². The molecule has 0 unspecified atom stereocenters. The van der Waals surface area contributed by atoms with Crippen LogP contribution in [0.15, 0.2) is 71.7 Å². The lowest BCUT2D eigenvalue weighted by molar-refractivity contribution is -0.137. The topological polar surface area (TPSA) is 58.6 Å². The summed E-state index contributed by atoms with van der Waals surface area (Å²) in [6, 6.07) is 16.9. The minimum Gasteiger partial charge on any atom is -0.492 e. The van der Waals surface area contributed by atoms with E-state index in [1.165, 1.54) is 17.4 Å². The maximum absolute atomic E-state index is 14.2. The molecule has 0 saturated carbocycles. The number of ether oxygens (including phenoxy) is 1. The summed E-state index contributed by atoms with van der Waals surface area (Å²) in [6.45, 7) is 2.19. The zero-order valence-corrected chi connectivity index (χ0v) is 17.0. The molecule has 4 rings (SSSR count). The van der Waals surface area contributed by atoms with E-state index in [2.05, 4.69) is 5.32 Å². The van der Waals surface area contributed by atoms with E-state index in [9.17, 15) is 14.0 Å². The van der Waals surface area contributed by atoms with Gasteiger partial charge >= 0.3 is 0 Å². The minimum absolute atomic E-state index is 0.141. The number of carbonyl (C=O) groups is 2. The molecule has 3 aromatic rings. The number of anilines is 1. The maximum Gasteiger partial charge on any atom is 0.278 e. The van der Waals surface area contributed by atoms with Gasteiger partial charge in [0.15, 0.2) is 0 Å². The van der Waals surface area contributed by atoms with Gasteiger partial charge in [0, 0.05) is 10.4 Å². The first-order chi connectivity index (χ1) is 14.6. The van der Waals surface area contributed by atoms with Gasteiger partial charge in [-0.25, -0.2) is 4.39 Å². The average molecular weight is 422 g/mol. The molecule has 152 valence electrons. The number of hydrogen-bond donors (Lipinski definition) is 1. The Balaban J connectivity index is 1.73. The van der Waals surface area contributed by atoms with Gasteiger partial charge in [0.2, 0.25) is 0 Å². The molecule has 0 bridgehead atoms. The van der Waals surface area contributed by atoms with Crippen molar-refractivity contribution in [2.75, 3.05) is 11.9 Å². The number of hydrogen-bond acceptors (Lipinski definition) is 5. The highest BCUT2D eigenvalue weighted by Crippen LogP contribution is 2.35. The van der Waals surface area contributed by atoms with Crippen molar-refractivity contribution in [3.05, 3.63) is 88.0 Å². The first-order valence-corrected chi connectivity index (χ1v) is 10.3. The van der Waals surface area contributed by atoms with E-state index < -0.39 is 17.6 Å². The maximum atomic E-state index is 14.2. The number of thiophene rings is 1. The van der Waals surface area contributed by atoms with Crippen LogP contribution < -0.4 is 10.1 Å². The molecular formula is C23H19FN2O3S. The monoisotopic (exact) mass is 422 g/mol. The molecule has 5 nitrogen and oxygen atoms in total. The largest absolute Gasteiger partial charge is 0.492 e. The van der Waals surface area contributed by atoms with Crippen molar-refractivity contribution in [1.82, 2.24) is 4.90 Å². The Morgan fingerprint density at radius 3 is 2.50 bits per heavy atom. The number of carbonyl (C=O) groups excluding carboxylic acids is 2. The van der Waals surface area contributed by atoms with Gasteiger partial charge in [-0.05, 0) is 36.6 Å². The lowest BCUT2D eigenvalue weighted by Gasteiger charge is -2.16. The van der Waals surface area contributed by atoms with Crippen molar-refractivity contribution >= 4 is 34.4 Å². The smallest absolute Gasteiger partial charge is 0.278 e. The van der Waals surface area contributed by atoms with Crippen molar-refractivity contribution in [2.24, 2.45) is 0 Å². The molecule has 1 aromatic heterocycles. The molecule has 0 saturated heterocycles. The summed E-state index contributed by atoms with van der Waals surface area (Å²) in [5.41, 5.74) is 1.29. The number of nitrogens with one attached hydrogen (secondary N) is 1. The highest BCUT2D eigenvalue weighted by atomic mass is 32.1. The predicted molar refractivity (Wildman–Crippen MR) is 114 cm³/mol. The molecule has 0 spiro atoms. The number of rotatable bonds is 7. The number of para-hydroxylation sites is 2. The summed E-state index contributed by atoms with van der Waals surface area (Å²) < 4.78 is 19.8. The Morgan fingerprint density at radius 1 is 1.00 bits per heavy atom. The average Bonchev–Trinajstić information content (AvgIpc) is 3.34. The SMILES string of the molecule is CCOc1ccccc1NC1=C(c2cccs2)C(=O)N(Cc2ccccc2F)C1=O. The summed E-state index contributed by atoms with van der Waals surface area (Å²) in [5.74, 6) is -0.843. The van der Waals surface area contributed by atoms with Crippen LogP contribution in [0.3, 0.4) is 0 Å². The van der Waals surface area contributed by atoms with Crippen molar-refractivity contribution in [2.45, 2.75) is 13.5 Å². The molecule has 2 amide bonds. The fourth-order valence-electron chi connectivity index (χ4n) is 3.27. The molecule has 0 radical (unpaired) electrons. The van der Waals surface area contributed by atoms with Crippen LogP contribution in [0, 0.1) is 5.82 Å². The van der Waals surface area contributed by atoms with Crippen molar-refractivity contribution in [3.63, 3.8) is 0 Å². The van der Waals surface area contributed by atoms with E-state index >= 15 is 0 Å². The fraction of sp³-hybridized carbons (Fsp3) is 0.130. The second-order valence-corrected chi connectivity index (χ2v) is 7.52. The van der Waals surface area contributed by atoms with E-state index in [4.69, 9.17) is 4.74 Å². The number of imide groups is 1. The summed E-state index contributed by atoms with van der Waals surface area (Å²) in [4.78, 5) is 28.2. The first-order valence-electron chi connectivity index (χ1n) is 9.46. The third kappa shape index (κ3) is 3.71. The third-order valence-electron chi connectivity index (χ3n) is 4.67. The highest BCUT2D eigenvalue weighted by molar-refractivity contribution is 7.11. The van der Waals surface area contributed by atoms with Gasteiger partial charge in [-0.2, -0.15) is 0 Å². The second-order valence-electron chi connectivity index (χ2n) is 6.57. The molecular weight excluding hydrogens is 403 g/mol. The molecule has 0 atom stereocenters. The van der Waals surface area contributed by atoms with Gasteiger partial charge in [-0.15, -0.1) is 11.3 Å². The van der Waals surface area contributed by atoms with Crippen LogP contribution in [0.4, 0.5) is 10.1 Å². The van der Waals surface area contributed by atoms with Crippen LogP contribution in [0.5, 0.6) is 5.75 Å². The van der Waals surface area contributed by atoms with Crippen molar-refractivity contribution in [1.29, 1.82) is 0 Å².